The normalized spacial score (nSPS) is 40.0. The third kappa shape index (κ3) is 4.64. The van der Waals surface area contributed by atoms with Crippen LogP contribution in [-0.2, 0) is 4.79 Å². The minimum absolute atomic E-state index is 0.00516. The van der Waals surface area contributed by atoms with Crippen molar-refractivity contribution < 1.29 is 15.1 Å². The van der Waals surface area contributed by atoms with Crippen LogP contribution in [0.2, 0.25) is 0 Å². The Balaban J connectivity index is 1.46. The number of carbonyl (C=O) groups is 1. The van der Waals surface area contributed by atoms with E-state index in [0.717, 1.165) is 17.9 Å². The standard InChI is InChI=1S/C24H36ClN3O3S/c1-14-13-27(31)12-11-19(14)28-22(29)20-17(25)9-10-18(21(20)23(28)30)26-32-16-7-5-15(6-8-16)24(2,3)4/h7,9-12,14-15,17-21,23,26,30-31H,5-6,8,13H2,1-4H3/t14?,15-,17-,18+,19?,20?,21?,23+/m0/s1. The summed E-state index contributed by atoms with van der Waals surface area (Å²) >= 11 is 8.19. The number of aliphatic hydroxyl groups is 1. The summed E-state index contributed by atoms with van der Waals surface area (Å²) in [6.07, 6.45) is 12.0. The Morgan fingerprint density at radius 1 is 1.25 bits per heavy atom. The molecular formula is C24H36ClN3O3S. The van der Waals surface area contributed by atoms with Gasteiger partial charge in [-0.1, -0.05) is 45.9 Å². The molecule has 1 amide bonds. The Labute approximate surface area is 200 Å². The van der Waals surface area contributed by atoms with Gasteiger partial charge in [0.25, 0.3) is 0 Å². The highest BCUT2D eigenvalue weighted by Gasteiger charge is 2.56. The van der Waals surface area contributed by atoms with Gasteiger partial charge < -0.3 is 10.0 Å². The van der Waals surface area contributed by atoms with Crippen molar-refractivity contribution in [1.82, 2.24) is 14.7 Å². The maximum absolute atomic E-state index is 13.4. The van der Waals surface area contributed by atoms with Crippen LogP contribution in [0.3, 0.4) is 0 Å². The highest BCUT2D eigenvalue weighted by atomic mass is 35.5. The van der Waals surface area contributed by atoms with Gasteiger partial charge in [-0.3, -0.25) is 19.8 Å². The van der Waals surface area contributed by atoms with Crippen LogP contribution in [0.5, 0.6) is 0 Å². The van der Waals surface area contributed by atoms with E-state index in [1.165, 1.54) is 11.3 Å². The van der Waals surface area contributed by atoms with E-state index < -0.39 is 17.5 Å². The van der Waals surface area contributed by atoms with Crippen LogP contribution in [0.25, 0.3) is 0 Å². The molecule has 2 aliphatic carbocycles. The quantitative estimate of drug-likeness (QED) is 0.318. The van der Waals surface area contributed by atoms with Gasteiger partial charge in [-0.25, -0.2) is 0 Å². The summed E-state index contributed by atoms with van der Waals surface area (Å²) in [4.78, 5) is 16.3. The number of hydrogen-bond acceptors (Lipinski definition) is 6. The van der Waals surface area contributed by atoms with Gasteiger partial charge in [0.05, 0.1) is 17.3 Å². The van der Waals surface area contributed by atoms with Crippen LogP contribution in [0.15, 0.2) is 35.4 Å². The predicted octanol–water partition coefficient (Wildman–Crippen LogP) is 4.12. The van der Waals surface area contributed by atoms with E-state index in [4.69, 9.17) is 11.6 Å². The Morgan fingerprint density at radius 2 is 2.00 bits per heavy atom. The number of halogens is 1. The number of amides is 1. The Kier molecular flexibility index (Phi) is 7.04. The number of hydrogen-bond donors (Lipinski definition) is 3. The lowest BCUT2D eigenvalue weighted by Crippen LogP contribution is -2.50. The summed E-state index contributed by atoms with van der Waals surface area (Å²) in [5.74, 6) is -0.197. The molecule has 1 fully saturated rings. The number of fused-ring (bicyclic) bond motifs is 1. The summed E-state index contributed by atoms with van der Waals surface area (Å²) in [5.41, 5.74) is 0.324. The first-order valence-corrected chi connectivity index (χ1v) is 12.9. The van der Waals surface area contributed by atoms with Crippen molar-refractivity contribution in [2.24, 2.45) is 29.1 Å². The largest absolute Gasteiger partial charge is 0.373 e. The van der Waals surface area contributed by atoms with Crippen molar-refractivity contribution >= 4 is 29.5 Å². The van der Waals surface area contributed by atoms with Crippen molar-refractivity contribution in [3.05, 3.63) is 35.4 Å². The Morgan fingerprint density at radius 3 is 2.62 bits per heavy atom. The van der Waals surface area contributed by atoms with E-state index in [2.05, 4.69) is 31.6 Å². The molecule has 2 heterocycles. The Bertz CT molecular complexity index is 811. The molecule has 2 aliphatic heterocycles. The lowest BCUT2D eigenvalue weighted by atomic mass is 9.74. The minimum Gasteiger partial charge on any atom is -0.373 e. The lowest BCUT2D eigenvalue weighted by Gasteiger charge is -2.38. The first-order chi connectivity index (χ1) is 15.1. The summed E-state index contributed by atoms with van der Waals surface area (Å²) in [5, 5.41) is 21.7. The number of allylic oxidation sites excluding steroid dienone is 3. The molecular weight excluding hydrogens is 446 g/mol. The van der Waals surface area contributed by atoms with E-state index in [1.807, 2.05) is 19.1 Å². The van der Waals surface area contributed by atoms with Crippen molar-refractivity contribution in [1.29, 1.82) is 0 Å². The molecule has 8 heteroatoms. The van der Waals surface area contributed by atoms with E-state index in [1.54, 1.807) is 29.1 Å². The summed E-state index contributed by atoms with van der Waals surface area (Å²) in [6.45, 7) is 9.31. The molecule has 1 saturated heterocycles. The maximum Gasteiger partial charge on any atom is 0.230 e. The Hall–Kier alpha value is -0.990. The molecule has 0 spiro atoms. The molecule has 0 aromatic heterocycles. The predicted molar refractivity (Wildman–Crippen MR) is 129 cm³/mol. The van der Waals surface area contributed by atoms with E-state index in [-0.39, 0.29) is 29.8 Å². The van der Waals surface area contributed by atoms with Crippen LogP contribution in [0.4, 0.5) is 0 Å². The average molecular weight is 482 g/mol. The second-order valence-electron chi connectivity index (χ2n) is 10.8. The number of nitrogens with one attached hydrogen (secondary N) is 1. The average Bonchev–Trinajstić information content (AvgIpc) is 2.99. The van der Waals surface area contributed by atoms with Crippen LogP contribution < -0.4 is 4.72 Å². The second kappa shape index (κ2) is 9.34. The van der Waals surface area contributed by atoms with Gasteiger partial charge >= 0.3 is 0 Å². The number of rotatable bonds is 4. The third-order valence-electron chi connectivity index (χ3n) is 7.60. The van der Waals surface area contributed by atoms with E-state index in [9.17, 15) is 15.1 Å². The first kappa shape index (κ1) is 24.1. The van der Waals surface area contributed by atoms with Gasteiger partial charge in [-0.05, 0) is 53.5 Å². The highest BCUT2D eigenvalue weighted by molar-refractivity contribution is 8.01. The minimum atomic E-state index is -0.926. The van der Waals surface area contributed by atoms with Crippen LogP contribution >= 0.6 is 23.5 Å². The molecule has 4 aliphatic rings. The topological polar surface area (TPSA) is 76.0 Å². The maximum atomic E-state index is 13.4. The van der Waals surface area contributed by atoms with Gasteiger partial charge in [0.2, 0.25) is 5.91 Å². The molecule has 0 aromatic carbocycles. The second-order valence-corrected chi connectivity index (χ2v) is 12.2. The SMILES string of the molecule is CC1CN(O)C=CC1N1C(=O)C2C([C@H]1O)[C@H](NSC1=CC[C@H](C(C)(C)C)CC1)C=C[C@@H]2Cl. The van der Waals surface area contributed by atoms with Crippen molar-refractivity contribution in [3.63, 3.8) is 0 Å². The zero-order valence-electron chi connectivity index (χ0n) is 19.3. The highest BCUT2D eigenvalue weighted by Crippen LogP contribution is 2.44. The molecule has 6 nitrogen and oxygen atoms in total. The number of aliphatic hydroxyl groups excluding tert-OH is 1. The fourth-order valence-corrected chi connectivity index (χ4v) is 6.83. The molecule has 3 N–H and O–H groups in total. The van der Waals surface area contributed by atoms with E-state index in [0.29, 0.717) is 17.9 Å². The van der Waals surface area contributed by atoms with Crippen molar-refractivity contribution in [3.8, 4) is 0 Å². The monoisotopic (exact) mass is 481 g/mol. The number of carbonyl (C=O) groups excluding carboxylic acids is 1. The zero-order valence-corrected chi connectivity index (χ0v) is 20.9. The fraction of sp³-hybridized carbons (Fsp3) is 0.708. The van der Waals surface area contributed by atoms with Crippen molar-refractivity contribution in [2.75, 3.05) is 6.54 Å². The molecule has 178 valence electrons. The number of hydroxylamine groups is 2. The molecule has 4 rings (SSSR count). The fourth-order valence-electron chi connectivity index (χ4n) is 5.55. The van der Waals surface area contributed by atoms with Gasteiger partial charge in [0.1, 0.15) is 6.23 Å². The summed E-state index contributed by atoms with van der Waals surface area (Å²) in [7, 11) is 0. The summed E-state index contributed by atoms with van der Waals surface area (Å²) in [6, 6.07) is -0.415. The molecule has 0 bridgehead atoms. The third-order valence-corrected chi connectivity index (χ3v) is 9.04. The van der Waals surface area contributed by atoms with E-state index >= 15 is 0 Å². The molecule has 32 heavy (non-hydrogen) atoms. The number of nitrogens with zero attached hydrogens (tertiary/aromatic N) is 2. The molecule has 0 saturated carbocycles. The first-order valence-electron chi connectivity index (χ1n) is 11.7. The summed E-state index contributed by atoms with van der Waals surface area (Å²) < 4.78 is 3.53. The van der Waals surface area contributed by atoms with Crippen molar-refractivity contribution in [2.45, 2.75) is 70.6 Å². The van der Waals surface area contributed by atoms with Crippen LogP contribution in [-0.4, -0.2) is 56.4 Å². The number of likely N-dealkylation sites (tertiary alicyclic amines) is 1. The van der Waals surface area contributed by atoms with Gasteiger partial charge in [-0.15, -0.1) is 11.6 Å². The lowest BCUT2D eigenvalue weighted by molar-refractivity contribution is -0.141. The molecule has 4 unspecified atom stereocenters. The van der Waals surface area contributed by atoms with Gasteiger partial charge in [0, 0.05) is 30.6 Å². The van der Waals surface area contributed by atoms with Gasteiger partial charge in [-0.2, -0.15) is 0 Å². The van der Waals surface area contributed by atoms with Crippen LogP contribution in [0.1, 0.15) is 47.0 Å². The van der Waals surface area contributed by atoms with Gasteiger partial charge in [0.15, 0.2) is 0 Å². The smallest absolute Gasteiger partial charge is 0.230 e. The zero-order chi connectivity index (χ0) is 23.2. The van der Waals surface area contributed by atoms with Crippen LogP contribution in [0, 0.1) is 29.1 Å². The number of alkyl halides is 1. The molecule has 0 aromatic rings. The molecule has 8 atom stereocenters. The molecule has 0 radical (unpaired) electrons.